The van der Waals surface area contributed by atoms with E-state index in [2.05, 4.69) is 50.0 Å². The second-order valence-corrected chi connectivity index (χ2v) is 7.79. The van der Waals surface area contributed by atoms with Crippen molar-refractivity contribution in [3.8, 4) is 5.75 Å². The summed E-state index contributed by atoms with van der Waals surface area (Å²) in [7, 11) is 0. The lowest BCUT2D eigenvalue weighted by molar-refractivity contribution is 0.290. The van der Waals surface area contributed by atoms with Crippen LogP contribution in [0.1, 0.15) is 58.1 Å². The lowest BCUT2D eigenvalue weighted by atomic mass is 9.87. The van der Waals surface area contributed by atoms with Gasteiger partial charge in [-0.1, -0.05) is 63.6 Å². The van der Waals surface area contributed by atoms with Gasteiger partial charge in [0, 0.05) is 16.2 Å². The van der Waals surface area contributed by atoms with E-state index in [-0.39, 0.29) is 11.6 Å². The van der Waals surface area contributed by atoms with E-state index < -0.39 is 0 Å². The SMILES string of the molecule is C=C/C=C(\C=C/C)C1NC(CCC)(CCC)CSc2cc(O)ccc21. The number of hydrogen-bond donors (Lipinski definition) is 2. The Morgan fingerprint density at radius 2 is 2.08 bits per heavy atom. The lowest BCUT2D eigenvalue weighted by Gasteiger charge is -2.37. The Labute approximate surface area is 157 Å². The zero-order valence-corrected chi connectivity index (χ0v) is 16.5. The Balaban J connectivity index is 2.56. The molecular formula is C22H31NOS. The number of thioether (sulfide) groups is 1. The van der Waals surface area contributed by atoms with Gasteiger partial charge in [-0.25, -0.2) is 0 Å². The molecule has 1 aliphatic heterocycles. The van der Waals surface area contributed by atoms with Crippen LogP contribution in [-0.4, -0.2) is 16.4 Å². The Hall–Kier alpha value is -1.45. The number of phenols is 1. The minimum absolute atomic E-state index is 0.106. The third kappa shape index (κ3) is 4.80. The van der Waals surface area contributed by atoms with E-state index in [0.717, 1.165) is 31.4 Å². The highest BCUT2D eigenvalue weighted by Crippen LogP contribution is 2.42. The lowest BCUT2D eigenvalue weighted by Crippen LogP contribution is -2.48. The number of phenolic OH excluding ortho intramolecular Hbond substituents is 1. The topological polar surface area (TPSA) is 32.3 Å². The molecule has 2 nitrogen and oxygen atoms in total. The van der Waals surface area contributed by atoms with Crippen LogP contribution in [0.4, 0.5) is 0 Å². The summed E-state index contributed by atoms with van der Waals surface area (Å²) in [5.74, 6) is 1.36. The van der Waals surface area contributed by atoms with E-state index in [4.69, 9.17) is 0 Å². The van der Waals surface area contributed by atoms with Gasteiger partial charge in [-0.05, 0) is 43.0 Å². The first-order valence-electron chi connectivity index (χ1n) is 9.27. The molecule has 0 radical (unpaired) electrons. The molecule has 1 unspecified atom stereocenters. The predicted octanol–water partition coefficient (Wildman–Crippen LogP) is 6.16. The predicted molar refractivity (Wildman–Crippen MR) is 110 cm³/mol. The number of hydrogen-bond acceptors (Lipinski definition) is 3. The summed E-state index contributed by atoms with van der Waals surface area (Å²) in [5, 5.41) is 14.0. The van der Waals surface area contributed by atoms with Gasteiger partial charge in [0.05, 0.1) is 6.04 Å². The summed E-state index contributed by atoms with van der Waals surface area (Å²) in [6.07, 6.45) is 12.8. The fourth-order valence-corrected chi connectivity index (χ4v) is 5.10. The molecule has 1 heterocycles. The molecule has 25 heavy (non-hydrogen) atoms. The monoisotopic (exact) mass is 357 g/mol. The van der Waals surface area contributed by atoms with Crippen molar-refractivity contribution in [2.75, 3.05) is 5.75 Å². The van der Waals surface area contributed by atoms with Gasteiger partial charge in [0.25, 0.3) is 0 Å². The first-order chi connectivity index (χ1) is 12.1. The van der Waals surface area contributed by atoms with Crippen LogP contribution in [0.15, 0.2) is 59.6 Å². The normalized spacial score (nSPS) is 20.3. The number of rotatable bonds is 7. The van der Waals surface area contributed by atoms with Crippen molar-refractivity contribution in [3.05, 3.63) is 60.2 Å². The molecule has 2 rings (SSSR count). The second kappa shape index (κ2) is 9.30. The van der Waals surface area contributed by atoms with Crippen LogP contribution in [0.3, 0.4) is 0 Å². The van der Waals surface area contributed by atoms with Crippen LogP contribution in [0.5, 0.6) is 5.75 Å². The summed E-state index contributed by atoms with van der Waals surface area (Å²) in [6, 6.07) is 5.87. The highest BCUT2D eigenvalue weighted by molar-refractivity contribution is 7.99. The molecule has 1 aliphatic rings. The molecule has 0 spiro atoms. The molecule has 0 fully saturated rings. The Morgan fingerprint density at radius 3 is 2.68 bits per heavy atom. The average Bonchev–Trinajstić information content (AvgIpc) is 2.73. The smallest absolute Gasteiger partial charge is 0.116 e. The first-order valence-corrected chi connectivity index (χ1v) is 10.3. The van der Waals surface area contributed by atoms with E-state index >= 15 is 0 Å². The van der Waals surface area contributed by atoms with Gasteiger partial charge in [-0.15, -0.1) is 11.8 Å². The number of fused-ring (bicyclic) bond motifs is 1. The number of benzene rings is 1. The van der Waals surface area contributed by atoms with Gasteiger partial charge < -0.3 is 5.11 Å². The quantitative estimate of drug-likeness (QED) is 0.573. The summed E-state index contributed by atoms with van der Waals surface area (Å²) in [4.78, 5) is 1.17. The summed E-state index contributed by atoms with van der Waals surface area (Å²) >= 11 is 1.87. The van der Waals surface area contributed by atoms with E-state index in [1.165, 1.54) is 16.0 Å². The molecule has 1 aromatic rings. The molecule has 0 aromatic heterocycles. The van der Waals surface area contributed by atoms with Gasteiger partial charge in [-0.2, -0.15) is 0 Å². The minimum atomic E-state index is 0.106. The molecular weight excluding hydrogens is 326 g/mol. The second-order valence-electron chi connectivity index (χ2n) is 6.77. The highest BCUT2D eigenvalue weighted by Gasteiger charge is 2.36. The molecule has 0 saturated carbocycles. The number of allylic oxidation sites excluding steroid dienone is 3. The fourth-order valence-electron chi connectivity index (χ4n) is 3.74. The van der Waals surface area contributed by atoms with Gasteiger partial charge in [0.2, 0.25) is 0 Å². The Morgan fingerprint density at radius 1 is 1.36 bits per heavy atom. The molecule has 0 bridgehead atoms. The molecule has 0 amide bonds. The average molecular weight is 358 g/mol. The van der Waals surface area contributed by atoms with Crippen molar-refractivity contribution >= 4 is 11.8 Å². The van der Waals surface area contributed by atoms with Gasteiger partial charge in [0.15, 0.2) is 0 Å². The standard InChI is InChI=1S/C22H31NOS/c1-5-9-17(10-6-2)21-19-12-11-18(24)15-20(19)25-16-22(23-21,13-7-3)14-8-4/h5-6,9-12,15,21,23-24H,1,7-8,13-14,16H2,2-4H3/b10-6-,17-9+. The van der Waals surface area contributed by atoms with Crippen LogP contribution >= 0.6 is 11.8 Å². The maximum absolute atomic E-state index is 9.97. The minimum Gasteiger partial charge on any atom is -0.508 e. The van der Waals surface area contributed by atoms with Crippen molar-refractivity contribution in [1.82, 2.24) is 5.32 Å². The molecule has 0 saturated heterocycles. The van der Waals surface area contributed by atoms with Gasteiger partial charge in [-0.3, -0.25) is 5.32 Å². The van der Waals surface area contributed by atoms with Gasteiger partial charge in [0.1, 0.15) is 5.75 Å². The van der Waals surface area contributed by atoms with E-state index in [9.17, 15) is 5.11 Å². The molecule has 136 valence electrons. The molecule has 2 N–H and O–H groups in total. The van der Waals surface area contributed by atoms with Crippen LogP contribution < -0.4 is 5.32 Å². The summed E-state index contributed by atoms with van der Waals surface area (Å²) in [5.41, 5.74) is 2.56. The molecule has 0 aliphatic carbocycles. The maximum atomic E-state index is 9.97. The third-order valence-electron chi connectivity index (χ3n) is 4.72. The Bertz CT molecular complexity index is 641. The van der Waals surface area contributed by atoms with Crippen LogP contribution in [0.2, 0.25) is 0 Å². The van der Waals surface area contributed by atoms with Crippen molar-refractivity contribution < 1.29 is 5.11 Å². The van der Waals surface area contributed by atoms with E-state index in [0.29, 0.717) is 5.75 Å². The van der Waals surface area contributed by atoms with E-state index in [1.807, 2.05) is 30.8 Å². The molecule has 1 atom stereocenters. The third-order valence-corrected chi connectivity index (χ3v) is 6.08. The molecule has 1 aromatic carbocycles. The van der Waals surface area contributed by atoms with Crippen molar-refractivity contribution in [2.45, 2.75) is 62.9 Å². The van der Waals surface area contributed by atoms with E-state index in [1.54, 1.807) is 6.07 Å². The van der Waals surface area contributed by atoms with Crippen LogP contribution in [0, 0.1) is 0 Å². The largest absolute Gasteiger partial charge is 0.508 e. The highest BCUT2D eigenvalue weighted by atomic mass is 32.2. The number of nitrogens with one attached hydrogen (secondary N) is 1. The Kier molecular flexibility index (Phi) is 7.39. The van der Waals surface area contributed by atoms with Crippen LogP contribution in [-0.2, 0) is 0 Å². The first kappa shape index (κ1) is 19.9. The van der Waals surface area contributed by atoms with Crippen molar-refractivity contribution in [3.63, 3.8) is 0 Å². The van der Waals surface area contributed by atoms with Crippen molar-refractivity contribution in [2.24, 2.45) is 0 Å². The zero-order chi connectivity index (χ0) is 18.3. The fraction of sp³-hybridized carbons (Fsp3) is 0.455. The summed E-state index contributed by atoms with van der Waals surface area (Å²) < 4.78 is 0. The van der Waals surface area contributed by atoms with Crippen LogP contribution in [0.25, 0.3) is 0 Å². The summed E-state index contributed by atoms with van der Waals surface area (Å²) in [6.45, 7) is 10.5. The maximum Gasteiger partial charge on any atom is 0.116 e. The van der Waals surface area contributed by atoms with Crippen molar-refractivity contribution in [1.29, 1.82) is 0 Å². The number of aromatic hydroxyl groups is 1. The zero-order valence-electron chi connectivity index (χ0n) is 15.7. The molecule has 3 heteroatoms. The van der Waals surface area contributed by atoms with Gasteiger partial charge >= 0.3 is 0 Å².